The lowest BCUT2D eigenvalue weighted by molar-refractivity contribution is -0.163. The quantitative estimate of drug-likeness (QED) is 0.400. The first-order valence-corrected chi connectivity index (χ1v) is 10.1. The molecule has 4 atom stereocenters. The second-order valence-corrected chi connectivity index (χ2v) is 7.90. The molecule has 1 aliphatic heterocycles. The van der Waals surface area contributed by atoms with E-state index in [1.165, 1.54) is 13.8 Å². The van der Waals surface area contributed by atoms with Crippen LogP contribution in [0.5, 0.6) is 0 Å². The van der Waals surface area contributed by atoms with Gasteiger partial charge in [-0.15, -0.1) is 0 Å². The van der Waals surface area contributed by atoms with E-state index >= 15 is 0 Å². The summed E-state index contributed by atoms with van der Waals surface area (Å²) in [6.07, 6.45) is 7.26. The number of imide groups is 2. The van der Waals surface area contributed by atoms with Crippen LogP contribution in [0.25, 0.3) is 0 Å². The highest BCUT2D eigenvalue weighted by Gasteiger charge is 2.50. The third-order valence-corrected chi connectivity index (χ3v) is 5.86. The zero-order valence-corrected chi connectivity index (χ0v) is 16.7. The molecule has 9 nitrogen and oxygen atoms in total. The Bertz CT molecular complexity index is 716. The minimum atomic E-state index is -1.24. The van der Waals surface area contributed by atoms with Gasteiger partial charge in [0.1, 0.15) is 6.04 Å². The van der Waals surface area contributed by atoms with Crippen molar-refractivity contribution in [2.45, 2.75) is 70.6 Å². The monoisotopic (exact) mass is 405 g/mol. The van der Waals surface area contributed by atoms with Crippen LogP contribution in [0, 0.1) is 11.8 Å². The van der Waals surface area contributed by atoms with E-state index in [0.29, 0.717) is 12.8 Å². The number of nitrogens with zero attached hydrogens (tertiary/aromatic N) is 1. The topological polar surface area (TPSA) is 122 Å². The fourth-order valence-electron chi connectivity index (χ4n) is 4.14. The molecule has 158 valence electrons. The predicted octanol–water partition coefficient (Wildman–Crippen LogP) is 1.03. The second-order valence-electron chi connectivity index (χ2n) is 7.90. The summed E-state index contributed by atoms with van der Waals surface area (Å²) in [4.78, 5) is 62.5. The van der Waals surface area contributed by atoms with Gasteiger partial charge in [0.15, 0.2) is 6.10 Å². The number of likely N-dealkylation sites (tertiary alicyclic amines) is 1. The molecule has 29 heavy (non-hydrogen) atoms. The van der Waals surface area contributed by atoms with Gasteiger partial charge in [-0.1, -0.05) is 25.0 Å². The first kappa shape index (κ1) is 21.0. The molecular formula is C20H27N3O6. The molecule has 2 fully saturated rings. The molecule has 0 unspecified atom stereocenters. The molecule has 1 saturated carbocycles. The highest BCUT2D eigenvalue weighted by Crippen LogP contribution is 2.36. The maximum Gasteiger partial charge on any atom is 0.329 e. The third kappa shape index (κ3) is 4.49. The van der Waals surface area contributed by atoms with Crippen molar-refractivity contribution in [3.05, 3.63) is 12.2 Å². The average Bonchev–Trinajstić information content (AvgIpc) is 3.28. The minimum Gasteiger partial charge on any atom is -0.451 e. The Kier molecular flexibility index (Phi) is 6.34. The lowest BCUT2D eigenvalue weighted by Gasteiger charge is -2.23. The van der Waals surface area contributed by atoms with E-state index in [1.807, 2.05) is 12.2 Å². The SMILES string of the molecule is C[C@H](OC(=O)[C@H](C)N1C(=O)[C@H]2CC=CC[C@H]2C1=O)C(=O)NC(=O)NC1CCCC1. The van der Waals surface area contributed by atoms with Gasteiger partial charge in [0, 0.05) is 6.04 Å². The van der Waals surface area contributed by atoms with E-state index in [0.717, 1.165) is 30.6 Å². The summed E-state index contributed by atoms with van der Waals surface area (Å²) in [5.74, 6) is -3.29. The maximum atomic E-state index is 12.6. The molecule has 2 aliphatic carbocycles. The maximum absolute atomic E-state index is 12.6. The Morgan fingerprint density at radius 2 is 1.59 bits per heavy atom. The van der Waals surface area contributed by atoms with Gasteiger partial charge in [-0.25, -0.2) is 9.59 Å². The van der Waals surface area contributed by atoms with E-state index in [2.05, 4.69) is 10.6 Å². The third-order valence-electron chi connectivity index (χ3n) is 5.86. The van der Waals surface area contributed by atoms with E-state index < -0.39 is 41.9 Å². The van der Waals surface area contributed by atoms with Gasteiger partial charge < -0.3 is 10.1 Å². The van der Waals surface area contributed by atoms with Crippen molar-refractivity contribution in [2.75, 3.05) is 0 Å². The van der Waals surface area contributed by atoms with Crippen molar-refractivity contribution in [3.8, 4) is 0 Å². The standard InChI is InChI=1S/C20H27N3O6/c1-11(23-17(25)14-9-5-6-10-15(14)18(23)26)19(27)29-12(2)16(24)22-20(28)21-13-7-3-4-8-13/h5-6,11-15H,3-4,7-10H2,1-2H3,(H2,21,22,24,28)/t11-,12-,14-,15+/m0/s1. The Labute approximate surface area is 169 Å². The average molecular weight is 405 g/mol. The van der Waals surface area contributed by atoms with Crippen LogP contribution in [0.3, 0.4) is 0 Å². The summed E-state index contributed by atoms with van der Waals surface area (Å²) >= 11 is 0. The van der Waals surface area contributed by atoms with E-state index in [9.17, 15) is 24.0 Å². The summed E-state index contributed by atoms with van der Waals surface area (Å²) in [6.45, 7) is 2.74. The lowest BCUT2D eigenvalue weighted by atomic mass is 9.85. The van der Waals surface area contributed by atoms with Crippen molar-refractivity contribution in [1.29, 1.82) is 0 Å². The van der Waals surface area contributed by atoms with E-state index in [-0.39, 0.29) is 17.9 Å². The van der Waals surface area contributed by atoms with Crippen molar-refractivity contribution in [2.24, 2.45) is 11.8 Å². The number of ether oxygens (including phenoxy) is 1. The number of hydrogen-bond donors (Lipinski definition) is 2. The molecule has 0 aromatic rings. The van der Waals surface area contributed by atoms with Gasteiger partial charge >= 0.3 is 12.0 Å². The number of urea groups is 1. The van der Waals surface area contributed by atoms with Crippen LogP contribution in [0.15, 0.2) is 12.2 Å². The normalized spacial score (nSPS) is 26.1. The van der Waals surface area contributed by atoms with Gasteiger partial charge in [0.25, 0.3) is 5.91 Å². The Morgan fingerprint density at radius 1 is 1.03 bits per heavy atom. The van der Waals surface area contributed by atoms with Crippen LogP contribution in [0.4, 0.5) is 4.79 Å². The Hall–Kier alpha value is -2.71. The molecule has 1 saturated heterocycles. The Balaban J connectivity index is 1.52. The number of nitrogens with one attached hydrogen (secondary N) is 2. The number of esters is 1. The zero-order valence-electron chi connectivity index (χ0n) is 16.7. The van der Waals surface area contributed by atoms with Crippen molar-refractivity contribution >= 4 is 29.7 Å². The minimum absolute atomic E-state index is 0.0471. The lowest BCUT2D eigenvalue weighted by Crippen LogP contribution is -2.49. The summed E-state index contributed by atoms with van der Waals surface area (Å²) in [5, 5.41) is 4.87. The number of allylic oxidation sites excluding steroid dienone is 2. The molecular weight excluding hydrogens is 378 g/mol. The highest BCUT2D eigenvalue weighted by molar-refractivity contribution is 6.08. The highest BCUT2D eigenvalue weighted by atomic mass is 16.5. The number of amides is 5. The van der Waals surface area contributed by atoms with Crippen LogP contribution in [0.2, 0.25) is 0 Å². The largest absolute Gasteiger partial charge is 0.451 e. The van der Waals surface area contributed by atoms with Gasteiger partial charge in [-0.2, -0.15) is 0 Å². The molecule has 1 heterocycles. The molecule has 0 bridgehead atoms. The molecule has 0 aromatic heterocycles. The predicted molar refractivity (Wildman–Crippen MR) is 101 cm³/mol. The van der Waals surface area contributed by atoms with Crippen LogP contribution in [-0.2, 0) is 23.9 Å². The number of fused-ring (bicyclic) bond motifs is 1. The summed E-state index contributed by atoms with van der Waals surface area (Å²) in [7, 11) is 0. The van der Waals surface area contributed by atoms with Crippen LogP contribution in [0.1, 0.15) is 52.4 Å². The molecule has 0 radical (unpaired) electrons. The zero-order chi connectivity index (χ0) is 21.1. The smallest absolute Gasteiger partial charge is 0.329 e. The second kappa shape index (κ2) is 8.75. The van der Waals surface area contributed by atoms with Gasteiger partial charge in [-0.05, 0) is 39.5 Å². The summed E-state index contributed by atoms with van der Waals surface area (Å²) in [6, 6.07) is -1.71. The van der Waals surface area contributed by atoms with Crippen LogP contribution >= 0.6 is 0 Å². The van der Waals surface area contributed by atoms with E-state index in [4.69, 9.17) is 4.74 Å². The van der Waals surface area contributed by atoms with Crippen LogP contribution < -0.4 is 10.6 Å². The first-order valence-electron chi connectivity index (χ1n) is 10.1. The summed E-state index contributed by atoms with van der Waals surface area (Å²) < 4.78 is 5.11. The van der Waals surface area contributed by atoms with E-state index in [1.54, 1.807) is 0 Å². The van der Waals surface area contributed by atoms with Crippen LogP contribution in [-0.4, -0.2) is 52.8 Å². The Morgan fingerprint density at radius 3 is 2.14 bits per heavy atom. The fraction of sp³-hybridized carbons (Fsp3) is 0.650. The van der Waals surface area contributed by atoms with Gasteiger partial charge in [0.2, 0.25) is 11.8 Å². The van der Waals surface area contributed by atoms with Gasteiger partial charge in [-0.3, -0.25) is 24.6 Å². The van der Waals surface area contributed by atoms with Crippen molar-refractivity contribution in [1.82, 2.24) is 15.5 Å². The van der Waals surface area contributed by atoms with Crippen molar-refractivity contribution < 1.29 is 28.7 Å². The first-order chi connectivity index (χ1) is 13.8. The number of carbonyl (C=O) groups excluding carboxylic acids is 5. The number of carbonyl (C=O) groups is 5. The molecule has 5 amide bonds. The summed E-state index contributed by atoms with van der Waals surface area (Å²) in [5.41, 5.74) is 0. The number of hydrogen-bond acceptors (Lipinski definition) is 6. The molecule has 9 heteroatoms. The molecule has 3 rings (SSSR count). The fourth-order valence-corrected chi connectivity index (χ4v) is 4.14. The van der Waals surface area contributed by atoms with Gasteiger partial charge in [0.05, 0.1) is 11.8 Å². The number of rotatable bonds is 5. The molecule has 0 spiro atoms. The molecule has 3 aliphatic rings. The van der Waals surface area contributed by atoms with Crippen molar-refractivity contribution in [3.63, 3.8) is 0 Å². The molecule has 2 N–H and O–H groups in total. The molecule has 0 aromatic carbocycles.